The number of hydrogen-bond acceptors (Lipinski definition) is 2. The predicted molar refractivity (Wildman–Crippen MR) is 75.7 cm³/mol. The van der Waals surface area contributed by atoms with Gasteiger partial charge in [-0.2, -0.15) is 0 Å². The van der Waals surface area contributed by atoms with Gasteiger partial charge < -0.3 is 10.4 Å². The fourth-order valence-electron chi connectivity index (χ4n) is 2.52. The Labute approximate surface area is 110 Å². The van der Waals surface area contributed by atoms with Crippen LogP contribution in [0.2, 0.25) is 0 Å². The molecule has 18 heavy (non-hydrogen) atoms. The molecule has 2 heteroatoms. The van der Waals surface area contributed by atoms with Gasteiger partial charge in [0.1, 0.15) is 0 Å². The molecule has 2 nitrogen and oxygen atoms in total. The quantitative estimate of drug-likeness (QED) is 0.838. The smallest absolute Gasteiger partial charge is 0.0948 e. The maximum Gasteiger partial charge on any atom is 0.0948 e. The molecule has 1 aromatic carbocycles. The second kappa shape index (κ2) is 5.41. The number of benzene rings is 1. The monoisotopic (exact) mass is 247 g/mol. The largest absolute Gasteiger partial charge is 0.387 e. The topological polar surface area (TPSA) is 32.3 Å². The first-order chi connectivity index (χ1) is 8.49. The zero-order chi connectivity index (χ0) is 13.3. The van der Waals surface area contributed by atoms with E-state index in [2.05, 4.69) is 51.2 Å². The minimum atomic E-state index is -0.411. The van der Waals surface area contributed by atoms with E-state index in [9.17, 15) is 5.11 Å². The van der Waals surface area contributed by atoms with E-state index < -0.39 is 6.10 Å². The Balaban J connectivity index is 2.17. The molecule has 1 aliphatic carbocycles. The lowest BCUT2D eigenvalue weighted by atomic mass is 9.90. The number of hydrogen-bond donors (Lipinski definition) is 2. The zero-order valence-electron chi connectivity index (χ0n) is 11.9. The normalized spacial score (nSPS) is 19.0. The van der Waals surface area contributed by atoms with E-state index in [4.69, 9.17) is 0 Å². The van der Waals surface area contributed by atoms with Gasteiger partial charge in [-0.25, -0.2) is 0 Å². The molecule has 2 rings (SSSR count). The van der Waals surface area contributed by atoms with Gasteiger partial charge in [-0.1, -0.05) is 37.6 Å². The summed E-state index contributed by atoms with van der Waals surface area (Å²) in [6, 6.07) is 7.07. The van der Waals surface area contributed by atoms with Crippen LogP contribution in [0.3, 0.4) is 0 Å². The summed E-state index contributed by atoms with van der Waals surface area (Å²) in [4.78, 5) is 0. The standard InChI is InChI=1S/C16H25NO/c1-10(2)15(17-13-6-7-13)16(18)14-8-5-11(3)9-12(14)4/h5,8-10,13,15-18H,6-7H2,1-4H3. The summed E-state index contributed by atoms with van der Waals surface area (Å²) in [6.07, 6.45) is 2.09. The molecule has 0 amide bonds. The van der Waals surface area contributed by atoms with Crippen LogP contribution in [0.5, 0.6) is 0 Å². The third-order valence-electron chi connectivity index (χ3n) is 3.81. The minimum absolute atomic E-state index is 0.152. The Bertz CT molecular complexity index is 410. The fourth-order valence-corrected chi connectivity index (χ4v) is 2.52. The highest BCUT2D eigenvalue weighted by molar-refractivity contribution is 5.32. The highest BCUT2D eigenvalue weighted by atomic mass is 16.3. The van der Waals surface area contributed by atoms with E-state index in [0.29, 0.717) is 12.0 Å². The predicted octanol–water partition coefficient (Wildman–Crippen LogP) is 3.11. The molecule has 2 unspecified atom stereocenters. The molecular formula is C16H25NO. The maximum absolute atomic E-state index is 10.6. The second-order valence-electron chi connectivity index (χ2n) is 6.02. The molecule has 0 aromatic heterocycles. The van der Waals surface area contributed by atoms with Crippen molar-refractivity contribution in [1.82, 2.24) is 5.32 Å². The van der Waals surface area contributed by atoms with E-state index in [0.717, 1.165) is 5.56 Å². The van der Waals surface area contributed by atoms with Gasteiger partial charge in [0.2, 0.25) is 0 Å². The highest BCUT2D eigenvalue weighted by Gasteiger charge is 2.31. The Morgan fingerprint density at radius 3 is 2.39 bits per heavy atom. The van der Waals surface area contributed by atoms with E-state index in [1.165, 1.54) is 24.0 Å². The molecule has 0 saturated heterocycles. The van der Waals surface area contributed by atoms with Gasteiger partial charge in [0.25, 0.3) is 0 Å². The van der Waals surface area contributed by atoms with Crippen LogP contribution >= 0.6 is 0 Å². The summed E-state index contributed by atoms with van der Waals surface area (Å²) < 4.78 is 0. The Morgan fingerprint density at radius 1 is 1.22 bits per heavy atom. The molecule has 0 bridgehead atoms. The molecule has 1 fully saturated rings. The lowest BCUT2D eigenvalue weighted by Crippen LogP contribution is -2.40. The fraction of sp³-hybridized carbons (Fsp3) is 0.625. The summed E-state index contributed by atoms with van der Waals surface area (Å²) >= 11 is 0. The lowest BCUT2D eigenvalue weighted by Gasteiger charge is -2.29. The maximum atomic E-state index is 10.6. The van der Waals surface area contributed by atoms with Crippen LogP contribution in [0.25, 0.3) is 0 Å². The molecule has 1 aliphatic rings. The number of aliphatic hydroxyl groups is 1. The molecular weight excluding hydrogens is 222 g/mol. The average molecular weight is 247 g/mol. The summed E-state index contributed by atoms with van der Waals surface area (Å²) in [5.74, 6) is 0.432. The van der Waals surface area contributed by atoms with Gasteiger partial charge in [-0.15, -0.1) is 0 Å². The van der Waals surface area contributed by atoms with Gasteiger partial charge in [0.15, 0.2) is 0 Å². The van der Waals surface area contributed by atoms with Crippen molar-refractivity contribution in [3.8, 4) is 0 Å². The van der Waals surface area contributed by atoms with Crippen molar-refractivity contribution in [2.45, 2.75) is 58.7 Å². The second-order valence-corrected chi connectivity index (χ2v) is 6.02. The van der Waals surface area contributed by atoms with Crippen LogP contribution < -0.4 is 5.32 Å². The summed E-state index contributed by atoms with van der Waals surface area (Å²) in [7, 11) is 0. The molecule has 2 N–H and O–H groups in total. The Morgan fingerprint density at radius 2 is 1.89 bits per heavy atom. The first-order valence-electron chi connectivity index (χ1n) is 7.00. The van der Waals surface area contributed by atoms with E-state index >= 15 is 0 Å². The van der Waals surface area contributed by atoms with Crippen molar-refractivity contribution in [2.24, 2.45) is 5.92 Å². The van der Waals surface area contributed by atoms with Crippen LogP contribution in [-0.2, 0) is 0 Å². The van der Waals surface area contributed by atoms with Crippen molar-refractivity contribution >= 4 is 0 Å². The van der Waals surface area contributed by atoms with Crippen LogP contribution in [0.1, 0.15) is 49.5 Å². The van der Waals surface area contributed by atoms with E-state index in [-0.39, 0.29) is 6.04 Å². The van der Waals surface area contributed by atoms with E-state index in [1.54, 1.807) is 0 Å². The number of aryl methyl sites for hydroxylation is 2. The first kappa shape index (κ1) is 13.6. The molecule has 1 aromatic rings. The molecule has 2 atom stereocenters. The van der Waals surface area contributed by atoms with Gasteiger partial charge in [0, 0.05) is 12.1 Å². The van der Waals surface area contributed by atoms with Gasteiger partial charge in [0.05, 0.1) is 6.10 Å². The Kier molecular flexibility index (Phi) is 4.08. The van der Waals surface area contributed by atoms with Crippen molar-refractivity contribution in [2.75, 3.05) is 0 Å². The first-order valence-corrected chi connectivity index (χ1v) is 7.00. The van der Waals surface area contributed by atoms with Crippen molar-refractivity contribution in [3.63, 3.8) is 0 Å². The van der Waals surface area contributed by atoms with Gasteiger partial charge >= 0.3 is 0 Å². The number of aliphatic hydroxyl groups excluding tert-OH is 1. The molecule has 0 spiro atoms. The minimum Gasteiger partial charge on any atom is -0.387 e. The number of rotatable bonds is 5. The highest BCUT2D eigenvalue weighted by Crippen LogP contribution is 2.29. The molecule has 0 radical (unpaired) electrons. The SMILES string of the molecule is Cc1ccc(C(O)C(NC2CC2)C(C)C)c(C)c1. The van der Waals surface area contributed by atoms with Crippen LogP contribution in [0.15, 0.2) is 18.2 Å². The van der Waals surface area contributed by atoms with Gasteiger partial charge in [-0.05, 0) is 43.7 Å². The number of nitrogens with one attached hydrogen (secondary N) is 1. The van der Waals surface area contributed by atoms with Gasteiger partial charge in [-0.3, -0.25) is 0 Å². The van der Waals surface area contributed by atoms with Crippen LogP contribution in [-0.4, -0.2) is 17.2 Å². The molecule has 0 heterocycles. The lowest BCUT2D eigenvalue weighted by molar-refractivity contribution is 0.103. The zero-order valence-corrected chi connectivity index (χ0v) is 11.9. The molecule has 0 aliphatic heterocycles. The average Bonchev–Trinajstić information content (AvgIpc) is 3.08. The van der Waals surface area contributed by atoms with E-state index in [1.807, 2.05) is 0 Å². The van der Waals surface area contributed by atoms with Crippen molar-refractivity contribution in [3.05, 3.63) is 34.9 Å². The summed E-state index contributed by atoms with van der Waals surface area (Å²) in [6.45, 7) is 8.52. The summed E-state index contributed by atoms with van der Waals surface area (Å²) in [5, 5.41) is 14.2. The summed E-state index contributed by atoms with van der Waals surface area (Å²) in [5.41, 5.74) is 3.50. The van der Waals surface area contributed by atoms with Crippen molar-refractivity contribution in [1.29, 1.82) is 0 Å². The van der Waals surface area contributed by atoms with Crippen LogP contribution in [0, 0.1) is 19.8 Å². The Hall–Kier alpha value is -0.860. The third kappa shape index (κ3) is 3.12. The molecule has 100 valence electrons. The molecule has 1 saturated carbocycles. The van der Waals surface area contributed by atoms with Crippen molar-refractivity contribution < 1.29 is 5.11 Å². The third-order valence-corrected chi connectivity index (χ3v) is 3.81. The van der Waals surface area contributed by atoms with Crippen LogP contribution in [0.4, 0.5) is 0 Å².